The molecule has 128 valence electrons. The minimum Gasteiger partial charge on any atom is -0.465 e. The summed E-state index contributed by atoms with van der Waals surface area (Å²) in [6.45, 7) is 6.05. The number of ether oxygens (including phenoxy) is 1. The van der Waals surface area contributed by atoms with Gasteiger partial charge in [-0.2, -0.15) is 0 Å². The Morgan fingerprint density at radius 3 is 2.17 bits per heavy atom. The smallest absolute Gasteiger partial charge is 0.337 e. The van der Waals surface area contributed by atoms with Gasteiger partial charge in [-0.25, -0.2) is 4.79 Å². The molecule has 5 nitrogen and oxygen atoms in total. The molecule has 5 heteroatoms. The third-order valence-electron chi connectivity index (χ3n) is 6.70. The Morgan fingerprint density at radius 2 is 1.71 bits per heavy atom. The number of fused-ring (bicyclic) bond motifs is 2. The minimum atomic E-state index is -0.653. The maximum absolute atomic E-state index is 13.0. The summed E-state index contributed by atoms with van der Waals surface area (Å²) < 4.78 is 4.66. The molecule has 1 aromatic carbocycles. The second kappa shape index (κ2) is 5.16. The molecule has 2 saturated carbocycles. The summed E-state index contributed by atoms with van der Waals surface area (Å²) in [4.78, 5) is 36.9. The van der Waals surface area contributed by atoms with Crippen LogP contribution >= 0.6 is 0 Å². The summed E-state index contributed by atoms with van der Waals surface area (Å²) in [5, 5.41) is 2.94. The quantitative estimate of drug-likeness (QED) is 0.864. The molecule has 0 saturated heterocycles. The molecule has 2 aliphatic carbocycles. The molecule has 0 aliphatic heterocycles. The molecule has 2 bridgehead atoms. The van der Waals surface area contributed by atoms with E-state index in [0.29, 0.717) is 17.7 Å². The summed E-state index contributed by atoms with van der Waals surface area (Å²) >= 11 is 0. The zero-order valence-electron chi connectivity index (χ0n) is 14.6. The molecule has 0 unspecified atom stereocenters. The van der Waals surface area contributed by atoms with Crippen LogP contribution < -0.4 is 5.32 Å². The van der Waals surface area contributed by atoms with E-state index in [4.69, 9.17) is 0 Å². The Bertz CT molecular complexity index is 721. The van der Waals surface area contributed by atoms with E-state index in [9.17, 15) is 14.4 Å². The fraction of sp³-hybridized carbons (Fsp3) is 0.526. The van der Waals surface area contributed by atoms with Gasteiger partial charge < -0.3 is 10.1 Å². The Labute approximate surface area is 141 Å². The lowest BCUT2D eigenvalue weighted by Gasteiger charge is -2.38. The number of Topliss-reactive ketones (excluding diaryl/α,β-unsaturated/α-hetero) is 1. The van der Waals surface area contributed by atoms with E-state index in [0.717, 1.165) is 12.8 Å². The van der Waals surface area contributed by atoms with Crippen molar-refractivity contribution in [2.75, 3.05) is 12.4 Å². The van der Waals surface area contributed by atoms with E-state index in [1.54, 1.807) is 24.3 Å². The molecular weight excluding hydrogens is 306 g/mol. The number of nitrogens with one attached hydrogen (secondary N) is 1. The van der Waals surface area contributed by atoms with Crippen LogP contribution in [-0.4, -0.2) is 24.8 Å². The van der Waals surface area contributed by atoms with Crippen molar-refractivity contribution in [3.8, 4) is 0 Å². The van der Waals surface area contributed by atoms with Crippen molar-refractivity contribution >= 4 is 23.3 Å². The van der Waals surface area contributed by atoms with Crippen molar-refractivity contribution in [3.05, 3.63) is 29.8 Å². The van der Waals surface area contributed by atoms with Gasteiger partial charge in [-0.15, -0.1) is 0 Å². The van der Waals surface area contributed by atoms with Crippen molar-refractivity contribution in [1.29, 1.82) is 0 Å². The van der Waals surface area contributed by atoms with E-state index >= 15 is 0 Å². The average molecular weight is 329 g/mol. The molecule has 3 rings (SSSR count). The summed E-state index contributed by atoms with van der Waals surface area (Å²) in [6, 6.07) is 6.59. The van der Waals surface area contributed by atoms with Crippen molar-refractivity contribution in [3.63, 3.8) is 0 Å². The van der Waals surface area contributed by atoms with Crippen LogP contribution in [0.4, 0.5) is 5.69 Å². The fourth-order valence-electron chi connectivity index (χ4n) is 4.42. The van der Waals surface area contributed by atoms with Gasteiger partial charge in [0.25, 0.3) is 0 Å². The highest BCUT2D eigenvalue weighted by molar-refractivity contribution is 6.04. The molecule has 2 aliphatic rings. The Kier molecular flexibility index (Phi) is 3.59. The molecule has 2 fully saturated rings. The second-order valence-electron chi connectivity index (χ2n) is 7.66. The average Bonchev–Trinajstić information content (AvgIpc) is 2.85. The molecule has 0 radical (unpaired) electrons. The number of methoxy groups -OCH3 is 1. The van der Waals surface area contributed by atoms with Gasteiger partial charge in [0.15, 0.2) is 0 Å². The molecule has 0 aromatic heterocycles. The van der Waals surface area contributed by atoms with Gasteiger partial charge in [0.1, 0.15) is 5.78 Å². The maximum atomic E-state index is 13.0. The predicted molar refractivity (Wildman–Crippen MR) is 89.6 cm³/mol. The van der Waals surface area contributed by atoms with E-state index in [-0.39, 0.29) is 17.1 Å². The lowest BCUT2D eigenvalue weighted by atomic mass is 9.64. The number of benzene rings is 1. The van der Waals surface area contributed by atoms with Crippen LogP contribution in [0.1, 0.15) is 50.4 Å². The number of carbonyl (C=O) groups is 3. The predicted octanol–water partition coefficient (Wildman–Crippen LogP) is 3.20. The minimum absolute atomic E-state index is 0.104. The van der Waals surface area contributed by atoms with Crippen LogP contribution in [0, 0.1) is 16.2 Å². The maximum Gasteiger partial charge on any atom is 0.337 e. The molecule has 1 amide bonds. The first-order valence-corrected chi connectivity index (χ1v) is 8.21. The molecule has 0 spiro atoms. The topological polar surface area (TPSA) is 72.5 Å². The van der Waals surface area contributed by atoms with Crippen molar-refractivity contribution in [1.82, 2.24) is 0 Å². The Morgan fingerprint density at radius 1 is 1.08 bits per heavy atom. The third kappa shape index (κ3) is 1.96. The summed E-state index contributed by atoms with van der Waals surface area (Å²) in [7, 11) is 1.33. The molecule has 2 atom stereocenters. The molecular formula is C19H23NO4. The van der Waals surface area contributed by atoms with Crippen LogP contribution in [-0.2, 0) is 14.3 Å². The lowest BCUT2D eigenvalue weighted by Crippen LogP contribution is -2.43. The first-order valence-electron chi connectivity index (χ1n) is 8.21. The fourth-order valence-corrected chi connectivity index (χ4v) is 4.42. The van der Waals surface area contributed by atoms with E-state index in [2.05, 4.69) is 10.1 Å². The monoisotopic (exact) mass is 329 g/mol. The lowest BCUT2D eigenvalue weighted by molar-refractivity contribution is -0.131. The number of hydrogen-bond donors (Lipinski definition) is 1. The number of rotatable bonds is 3. The first-order chi connectivity index (χ1) is 11.2. The summed E-state index contributed by atoms with van der Waals surface area (Å²) in [5.74, 6) is -0.330. The van der Waals surface area contributed by atoms with Crippen LogP contribution in [0.3, 0.4) is 0 Å². The van der Waals surface area contributed by atoms with Crippen LogP contribution in [0.5, 0.6) is 0 Å². The zero-order chi connectivity index (χ0) is 17.8. The summed E-state index contributed by atoms with van der Waals surface area (Å²) in [5.41, 5.74) is -0.393. The van der Waals surface area contributed by atoms with Crippen molar-refractivity contribution in [2.24, 2.45) is 16.2 Å². The number of anilines is 1. The van der Waals surface area contributed by atoms with Gasteiger partial charge in [-0.1, -0.05) is 20.8 Å². The number of ketones is 1. The van der Waals surface area contributed by atoms with Gasteiger partial charge >= 0.3 is 5.97 Å². The van der Waals surface area contributed by atoms with Crippen LogP contribution in [0.2, 0.25) is 0 Å². The summed E-state index contributed by atoms with van der Waals surface area (Å²) in [6.07, 6.45) is 1.80. The molecule has 0 heterocycles. The van der Waals surface area contributed by atoms with Gasteiger partial charge in [0.05, 0.1) is 18.1 Å². The van der Waals surface area contributed by atoms with E-state index in [1.807, 2.05) is 20.8 Å². The molecule has 1 aromatic rings. The van der Waals surface area contributed by atoms with Gasteiger partial charge in [-0.3, -0.25) is 9.59 Å². The first kappa shape index (κ1) is 16.7. The van der Waals surface area contributed by atoms with Gasteiger partial charge in [0.2, 0.25) is 5.91 Å². The molecule has 1 N–H and O–H groups in total. The highest BCUT2D eigenvalue weighted by atomic mass is 16.5. The normalized spacial score (nSPS) is 30.2. The highest BCUT2D eigenvalue weighted by Gasteiger charge is 2.72. The number of carbonyl (C=O) groups excluding carboxylic acids is 3. The second-order valence-corrected chi connectivity index (χ2v) is 7.66. The SMILES string of the molecule is COC(=O)c1ccc(NC(=O)[C@]23CC[C@](C)(C(=O)C2)C3(C)C)cc1. The number of amides is 1. The van der Waals surface area contributed by atoms with Crippen LogP contribution in [0.15, 0.2) is 24.3 Å². The van der Waals surface area contributed by atoms with Crippen LogP contribution in [0.25, 0.3) is 0 Å². The Hall–Kier alpha value is -2.17. The third-order valence-corrected chi connectivity index (χ3v) is 6.70. The largest absolute Gasteiger partial charge is 0.465 e. The highest BCUT2D eigenvalue weighted by Crippen LogP contribution is 2.70. The number of hydrogen-bond acceptors (Lipinski definition) is 4. The Balaban J connectivity index is 1.83. The number of esters is 1. The van der Waals surface area contributed by atoms with E-state index < -0.39 is 16.8 Å². The van der Waals surface area contributed by atoms with Crippen molar-refractivity contribution < 1.29 is 19.1 Å². The zero-order valence-corrected chi connectivity index (χ0v) is 14.6. The van der Waals surface area contributed by atoms with Gasteiger partial charge in [-0.05, 0) is 42.5 Å². The van der Waals surface area contributed by atoms with Gasteiger partial charge in [0, 0.05) is 17.5 Å². The van der Waals surface area contributed by atoms with Crippen molar-refractivity contribution in [2.45, 2.75) is 40.0 Å². The molecule has 24 heavy (non-hydrogen) atoms. The van der Waals surface area contributed by atoms with E-state index in [1.165, 1.54) is 7.11 Å². The standard InChI is InChI=1S/C19H23NO4/c1-17(2)18(3)9-10-19(17,11-14(18)21)16(23)20-13-7-5-12(6-8-13)15(22)24-4/h5-8H,9-11H2,1-4H3,(H,20,23)/t18-,19+/m1/s1.